The summed E-state index contributed by atoms with van der Waals surface area (Å²) in [6, 6.07) is 10.2. The molecule has 1 aliphatic heterocycles. The van der Waals surface area contributed by atoms with Crippen LogP contribution in [0.25, 0.3) is 22.4 Å². The van der Waals surface area contributed by atoms with Gasteiger partial charge in [-0.1, -0.05) is 0 Å². The fourth-order valence-electron chi connectivity index (χ4n) is 4.03. The van der Waals surface area contributed by atoms with Crippen LogP contribution in [-0.2, 0) is 26.1 Å². The average Bonchev–Trinajstić information content (AvgIpc) is 3.41. The molecule has 1 aromatic carbocycles. The van der Waals surface area contributed by atoms with Crippen molar-refractivity contribution in [2.75, 3.05) is 6.54 Å². The van der Waals surface area contributed by atoms with E-state index in [-0.39, 0.29) is 0 Å². The first-order valence-electron chi connectivity index (χ1n) is 9.53. The van der Waals surface area contributed by atoms with Crippen LogP contribution in [0.4, 0.5) is 0 Å². The molecule has 0 radical (unpaired) electrons. The van der Waals surface area contributed by atoms with Crippen molar-refractivity contribution in [2.24, 2.45) is 0 Å². The maximum atomic E-state index is 9.22. The SMILES string of the molecule is Cc1[nH]c2ccc(C#N)cc2c1CCn1ccnc1-c1cc2n(n1)CCNC2. The third-order valence-corrected chi connectivity index (χ3v) is 5.47. The summed E-state index contributed by atoms with van der Waals surface area (Å²) in [5.41, 5.74) is 6.29. The van der Waals surface area contributed by atoms with Crippen molar-refractivity contribution in [3.63, 3.8) is 0 Å². The molecule has 0 aliphatic carbocycles. The lowest BCUT2D eigenvalue weighted by Crippen LogP contribution is -2.28. The minimum absolute atomic E-state index is 0.688. The molecule has 7 heteroatoms. The summed E-state index contributed by atoms with van der Waals surface area (Å²) in [5.74, 6) is 0.900. The number of nitrogens with one attached hydrogen (secondary N) is 2. The van der Waals surface area contributed by atoms with E-state index in [9.17, 15) is 5.26 Å². The molecule has 5 rings (SSSR count). The Balaban J connectivity index is 1.44. The number of rotatable bonds is 4. The van der Waals surface area contributed by atoms with Gasteiger partial charge in [0, 0.05) is 48.6 Å². The zero-order valence-electron chi connectivity index (χ0n) is 15.7. The second-order valence-corrected chi connectivity index (χ2v) is 7.22. The Bertz CT molecular complexity index is 1180. The number of imidazole rings is 1. The van der Waals surface area contributed by atoms with Crippen LogP contribution in [0.1, 0.15) is 22.5 Å². The van der Waals surface area contributed by atoms with Crippen LogP contribution >= 0.6 is 0 Å². The fraction of sp³-hybridized carbons (Fsp3) is 0.286. The minimum atomic E-state index is 0.688. The molecule has 0 fully saturated rings. The van der Waals surface area contributed by atoms with Gasteiger partial charge in [0.25, 0.3) is 0 Å². The zero-order valence-corrected chi connectivity index (χ0v) is 15.7. The number of aryl methyl sites for hydroxylation is 3. The van der Waals surface area contributed by atoms with E-state index < -0.39 is 0 Å². The molecule has 140 valence electrons. The van der Waals surface area contributed by atoms with Gasteiger partial charge in [-0.3, -0.25) is 4.68 Å². The number of hydrogen-bond donors (Lipinski definition) is 2. The number of fused-ring (bicyclic) bond motifs is 2. The number of H-pyrrole nitrogens is 1. The topological polar surface area (TPSA) is 87.2 Å². The monoisotopic (exact) mass is 371 g/mol. The summed E-state index contributed by atoms with van der Waals surface area (Å²) in [6.45, 7) is 5.59. The summed E-state index contributed by atoms with van der Waals surface area (Å²) in [4.78, 5) is 7.99. The van der Waals surface area contributed by atoms with Gasteiger partial charge in [-0.05, 0) is 43.2 Å². The van der Waals surface area contributed by atoms with Gasteiger partial charge in [0.05, 0.1) is 23.9 Å². The molecule has 0 bridgehead atoms. The smallest absolute Gasteiger partial charge is 0.160 e. The standard InChI is InChI=1S/C21H21N7/c1-14-17(18-10-15(12-22)2-3-19(18)25-14)4-7-27-8-6-24-21(27)20-11-16-13-23-5-9-28(16)26-20/h2-3,6,8,10-11,23,25H,4-5,7,9,13H2,1H3. The molecule has 28 heavy (non-hydrogen) atoms. The number of nitrogens with zero attached hydrogens (tertiary/aromatic N) is 5. The summed E-state index contributed by atoms with van der Waals surface area (Å²) in [6.07, 6.45) is 4.71. The van der Waals surface area contributed by atoms with Crippen molar-refractivity contribution in [3.8, 4) is 17.6 Å². The number of aromatic nitrogens is 5. The molecule has 3 aromatic heterocycles. The van der Waals surface area contributed by atoms with E-state index in [1.165, 1.54) is 11.3 Å². The molecule has 2 N–H and O–H groups in total. The van der Waals surface area contributed by atoms with Crippen molar-refractivity contribution >= 4 is 10.9 Å². The molecular formula is C21H21N7. The minimum Gasteiger partial charge on any atom is -0.358 e. The largest absolute Gasteiger partial charge is 0.358 e. The van der Waals surface area contributed by atoms with Crippen molar-refractivity contribution in [1.82, 2.24) is 29.6 Å². The van der Waals surface area contributed by atoms with Gasteiger partial charge in [0.15, 0.2) is 5.82 Å². The number of aromatic amines is 1. The van der Waals surface area contributed by atoms with Crippen molar-refractivity contribution in [2.45, 2.75) is 33.0 Å². The summed E-state index contributed by atoms with van der Waals surface area (Å²) in [5, 5.41) is 18.5. The average molecular weight is 371 g/mol. The third kappa shape index (κ3) is 2.79. The molecule has 4 heterocycles. The van der Waals surface area contributed by atoms with E-state index in [2.05, 4.69) is 43.6 Å². The predicted molar refractivity (Wildman–Crippen MR) is 107 cm³/mol. The van der Waals surface area contributed by atoms with Gasteiger partial charge < -0.3 is 14.9 Å². The lowest BCUT2D eigenvalue weighted by molar-refractivity contribution is 0.476. The van der Waals surface area contributed by atoms with E-state index >= 15 is 0 Å². The number of nitriles is 1. The number of benzene rings is 1. The van der Waals surface area contributed by atoms with Crippen LogP contribution in [0.3, 0.4) is 0 Å². The Morgan fingerprint density at radius 3 is 3.07 bits per heavy atom. The molecule has 0 amide bonds. The van der Waals surface area contributed by atoms with E-state index in [1.54, 1.807) is 0 Å². The van der Waals surface area contributed by atoms with Gasteiger partial charge in [-0.2, -0.15) is 10.4 Å². The molecular weight excluding hydrogens is 350 g/mol. The van der Waals surface area contributed by atoms with Crippen LogP contribution in [0.5, 0.6) is 0 Å². The van der Waals surface area contributed by atoms with Crippen molar-refractivity contribution < 1.29 is 0 Å². The molecule has 0 unspecified atom stereocenters. The first kappa shape index (κ1) is 16.8. The molecule has 1 aliphatic rings. The van der Waals surface area contributed by atoms with Gasteiger partial charge >= 0.3 is 0 Å². The molecule has 0 saturated heterocycles. The van der Waals surface area contributed by atoms with Gasteiger partial charge in [-0.25, -0.2) is 4.98 Å². The predicted octanol–water partition coefficient (Wildman–Crippen LogP) is 2.75. The maximum absolute atomic E-state index is 9.22. The number of hydrogen-bond acceptors (Lipinski definition) is 4. The first-order valence-corrected chi connectivity index (χ1v) is 9.53. The Labute approximate surface area is 162 Å². The van der Waals surface area contributed by atoms with Gasteiger partial charge in [0.1, 0.15) is 5.69 Å². The molecule has 0 atom stereocenters. The normalized spacial score (nSPS) is 13.6. The quantitative estimate of drug-likeness (QED) is 0.577. The Hall–Kier alpha value is -3.37. The second-order valence-electron chi connectivity index (χ2n) is 7.22. The zero-order chi connectivity index (χ0) is 19.1. The fourth-order valence-corrected chi connectivity index (χ4v) is 4.03. The van der Waals surface area contributed by atoms with Crippen molar-refractivity contribution in [1.29, 1.82) is 5.26 Å². The summed E-state index contributed by atoms with van der Waals surface area (Å²) < 4.78 is 4.23. The first-order chi connectivity index (χ1) is 13.7. The van der Waals surface area contributed by atoms with Gasteiger partial charge in [-0.15, -0.1) is 0 Å². The Kier molecular flexibility index (Phi) is 3.99. The van der Waals surface area contributed by atoms with Crippen molar-refractivity contribution in [3.05, 3.63) is 59.2 Å². The van der Waals surface area contributed by atoms with E-state index in [4.69, 9.17) is 5.10 Å². The van der Waals surface area contributed by atoms with Crippen LogP contribution in [0.2, 0.25) is 0 Å². The molecule has 0 saturated carbocycles. The van der Waals surface area contributed by atoms with E-state index in [0.29, 0.717) is 5.56 Å². The van der Waals surface area contributed by atoms with E-state index in [1.807, 2.05) is 30.6 Å². The van der Waals surface area contributed by atoms with Crippen LogP contribution < -0.4 is 5.32 Å². The van der Waals surface area contributed by atoms with E-state index in [0.717, 1.165) is 60.7 Å². The highest BCUT2D eigenvalue weighted by molar-refractivity contribution is 5.85. The molecule has 0 spiro atoms. The highest BCUT2D eigenvalue weighted by atomic mass is 15.3. The lowest BCUT2D eigenvalue weighted by Gasteiger charge is -2.13. The maximum Gasteiger partial charge on any atom is 0.160 e. The summed E-state index contributed by atoms with van der Waals surface area (Å²) in [7, 11) is 0. The van der Waals surface area contributed by atoms with Crippen LogP contribution in [0, 0.1) is 18.3 Å². The Morgan fingerprint density at radius 2 is 2.21 bits per heavy atom. The van der Waals surface area contributed by atoms with Crippen LogP contribution in [-0.4, -0.2) is 30.9 Å². The second kappa shape index (κ2) is 6.66. The lowest BCUT2D eigenvalue weighted by atomic mass is 10.1. The van der Waals surface area contributed by atoms with Gasteiger partial charge in [0.2, 0.25) is 0 Å². The highest BCUT2D eigenvalue weighted by Gasteiger charge is 2.16. The Morgan fingerprint density at radius 1 is 1.29 bits per heavy atom. The molecule has 4 aromatic rings. The molecule has 7 nitrogen and oxygen atoms in total. The third-order valence-electron chi connectivity index (χ3n) is 5.47. The summed E-state index contributed by atoms with van der Waals surface area (Å²) >= 11 is 0. The van der Waals surface area contributed by atoms with Crippen LogP contribution in [0.15, 0.2) is 36.7 Å². The highest BCUT2D eigenvalue weighted by Crippen LogP contribution is 2.25.